The van der Waals surface area contributed by atoms with Crippen LogP contribution in [0, 0.1) is 0 Å². The van der Waals surface area contributed by atoms with Gasteiger partial charge in [0.15, 0.2) is 5.78 Å². The molecular formula is C14H15N3O2. The number of nitrogens with zero attached hydrogens (tertiary/aromatic N) is 1. The van der Waals surface area contributed by atoms with E-state index in [4.69, 9.17) is 16.2 Å². The first-order valence-electron chi connectivity index (χ1n) is 5.77. The summed E-state index contributed by atoms with van der Waals surface area (Å²) < 4.78 is 5.10. The zero-order chi connectivity index (χ0) is 13.8. The van der Waals surface area contributed by atoms with E-state index < -0.39 is 0 Å². The third kappa shape index (κ3) is 2.65. The molecule has 0 radical (unpaired) electrons. The number of carbonyl (C=O) groups is 1. The average Bonchev–Trinajstić information content (AvgIpc) is 2.41. The van der Waals surface area contributed by atoms with Crippen molar-refractivity contribution in [2.75, 3.05) is 18.6 Å². The smallest absolute Gasteiger partial charge is 0.169 e. The Hall–Kier alpha value is -2.56. The lowest BCUT2D eigenvalue weighted by atomic mass is 10.0. The van der Waals surface area contributed by atoms with Crippen LogP contribution >= 0.6 is 0 Å². The molecule has 0 fully saturated rings. The van der Waals surface area contributed by atoms with Crippen LogP contribution in [0.25, 0.3) is 0 Å². The summed E-state index contributed by atoms with van der Waals surface area (Å²) in [6.07, 6.45) is 3.34. The first kappa shape index (κ1) is 12.9. The normalized spacial score (nSPS) is 10.2. The molecule has 98 valence electrons. The second-order valence-corrected chi connectivity index (χ2v) is 4.10. The standard InChI is InChI=1S/C14H15N3O2/c1-19-13-4-2-3-10(14(13)16)12(18)7-9-8-17-6-5-11(9)15/h2-6,8H,7,16H2,1H3,(H2,15,17). The lowest BCUT2D eigenvalue weighted by Crippen LogP contribution is -2.09. The van der Waals surface area contributed by atoms with Crippen molar-refractivity contribution in [3.8, 4) is 5.75 Å². The minimum absolute atomic E-state index is 0.115. The molecule has 0 unspecified atom stereocenters. The minimum atomic E-state index is -0.115. The van der Waals surface area contributed by atoms with Gasteiger partial charge in [-0.05, 0) is 18.2 Å². The van der Waals surface area contributed by atoms with Crippen molar-refractivity contribution in [1.29, 1.82) is 0 Å². The van der Waals surface area contributed by atoms with E-state index in [0.717, 1.165) is 0 Å². The van der Waals surface area contributed by atoms with Crippen LogP contribution in [-0.2, 0) is 6.42 Å². The number of carbonyl (C=O) groups excluding carboxylic acids is 1. The van der Waals surface area contributed by atoms with E-state index in [9.17, 15) is 4.79 Å². The third-order valence-electron chi connectivity index (χ3n) is 2.88. The van der Waals surface area contributed by atoms with Crippen molar-refractivity contribution in [2.24, 2.45) is 0 Å². The highest BCUT2D eigenvalue weighted by Gasteiger charge is 2.14. The molecule has 0 saturated carbocycles. The molecule has 1 heterocycles. The molecule has 1 aromatic heterocycles. The van der Waals surface area contributed by atoms with Crippen LogP contribution in [-0.4, -0.2) is 17.9 Å². The van der Waals surface area contributed by atoms with E-state index in [-0.39, 0.29) is 12.2 Å². The Morgan fingerprint density at radius 1 is 1.32 bits per heavy atom. The Labute approximate surface area is 111 Å². The third-order valence-corrected chi connectivity index (χ3v) is 2.88. The largest absolute Gasteiger partial charge is 0.495 e. The first-order chi connectivity index (χ1) is 9.13. The summed E-state index contributed by atoms with van der Waals surface area (Å²) in [6, 6.07) is 6.78. The van der Waals surface area contributed by atoms with Gasteiger partial charge in [0.25, 0.3) is 0 Å². The fraction of sp³-hybridized carbons (Fsp3) is 0.143. The fourth-order valence-electron chi connectivity index (χ4n) is 1.82. The number of Topliss-reactive ketones (excluding diaryl/α,β-unsaturated/α-hetero) is 1. The molecule has 0 spiro atoms. The second-order valence-electron chi connectivity index (χ2n) is 4.10. The predicted octanol–water partition coefficient (Wildman–Crippen LogP) is 1.68. The second kappa shape index (κ2) is 5.39. The molecule has 5 nitrogen and oxygen atoms in total. The van der Waals surface area contributed by atoms with Gasteiger partial charge in [-0.3, -0.25) is 9.78 Å². The van der Waals surface area contributed by atoms with Crippen LogP contribution in [0.3, 0.4) is 0 Å². The number of pyridine rings is 1. The molecule has 2 aromatic rings. The van der Waals surface area contributed by atoms with Gasteiger partial charge in [0.2, 0.25) is 0 Å². The summed E-state index contributed by atoms with van der Waals surface area (Å²) in [5.41, 5.74) is 13.7. The van der Waals surface area contributed by atoms with Gasteiger partial charge < -0.3 is 16.2 Å². The van der Waals surface area contributed by atoms with Gasteiger partial charge in [-0.25, -0.2) is 0 Å². The van der Waals surface area contributed by atoms with Crippen molar-refractivity contribution >= 4 is 17.2 Å². The highest BCUT2D eigenvalue weighted by atomic mass is 16.5. The number of anilines is 2. The first-order valence-corrected chi connectivity index (χ1v) is 5.77. The predicted molar refractivity (Wildman–Crippen MR) is 74.1 cm³/mol. The number of nitrogen functional groups attached to an aromatic ring is 2. The maximum absolute atomic E-state index is 12.2. The van der Waals surface area contributed by atoms with Crippen LogP contribution < -0.4 is 16.2 Å². The Morgan fingerprint density at radius 2 is 2.11 bits per heavy atom. The van der Waals surface area contributed by atoms with Crippen LogP contribution in [0.5, 0.6) is 5.75 Å². The maximum Gasteiger partial charge on any atom is 0.169 e. The summed E-state index contributed by atoms with van der Waals surface area (Å²) in [6.45, 7) is 0. The van der Waals surface area contributed by atoms with Gasteiger partial charge in [0.1, 0.15) is 5.75 Å². The van der Waals surface area contributed by atoms with Crippen LogP contribution in [0.4, 0.5) is 11.4 Å². The van der Waals surface area contributed by atoms with Crippen molar-refractivity contribution < 1.29 is 9.53 Å². The summed E-state index contributed by atoms with van der Waals surface area (Å²) in [7, 11) is 1.51. The molecule has 0 aliphatic carbocycles. The molecule has 19 heavy (non-hydrogen) atoms. The number of methoxy groups -OCH3 is 1. The number of rotatable bonds is 4. The molecule has 2 rings (SSSR count). The molecule has 5 heteroatoms. The summed E-state index contributed by atoms with van der Waals surface area (Å²) in [5.74, 6) is 0.376. The zero-order valence-electron chi connectivity index (χ0n) is 10.6. The molecule has 0 aliphatic rings. The van der Waals surface area contributed by atoms with Gasteiger partial charge in [0, 0.05) is 35.6 Å². The molecule has 0 bridgehead atoms. The number of hydrogen-bond acceptors (Lipinski definition) is 5. The molecular weight excluding hydrogens is 242 g/mol. The van der Waals surface area contributed by atoms with Gasteiger partial charge in [-0.2, -0.15) is 0 Å². The molecule has 0 atom stereocenters. The zero-order valence-corrected chi connectivity index (χ0v) is 10.6. The van der Waals surface area contributed by atoms with Crippen LogP contribution in [0.1, 0.15) is 15.9 Å². The quantitative estimate of drug-likeness (QED) is 0.642. The lowest BCUT2D eigenvalue weighted by Gasteiger charge is -2.09. The number of nitrogens with two attached hydrogens (primary N) is 2. The maximum atomic E-state index is 12.2. The monoisotopic (exact) mass is 257 g/mol. The SMILES string of the molecule is COc1cccc(C(=O)Cc2cnccc2N)c1N. The summed E-state index contributed by atoms with van der Waals surface area (Å²) in [5, 5.41) is 0. The Balaban J connectivity index is 2.28. The van der Waals surface area contributed by atoms with E-state index >= 15 is 0 Å². The van der Waals surface area contributed by atoms with Crippen molar-refractivity contribution in [3.63, 3.8) is 0 Å². The van der Waals surface area contributed by atoms with E-state index in [2.05, 4.69) is 4.98 Å². The van der Waals surface area contributed by atoms with Gasteiger partial charge in [-0.15, -0.1) is 0 Å². The summed E-state index contributed by atoms with van der Waals surface area (Å²) in [4.78, 5) is 16.2. The van der Waals surface area contributed by atoms with E-state index in [1.54, 1.807) is 36.7 Å². The molecule has 4 N–H and O–H groups in total. The van der Waals surface area contributed by atoms with E-state index in [0.29, 0.717) is 28.3 Å². The van der Waals surface area contributed by atoms with E-state index in [1.165, 1.54) is 7.11 Å². The topological polar surface area (TPSA) is 91.2 Å². The van der Waals surface area contributed by atoms with Gasteiger partial charge in [-0.1, -0.05) is 6.07 Å². The molecule has 0 amide bonds. The number of hydrogen-bond donors (Lipinski definition) is 2. The number of aromatic nitrogens is 1. The average molecular weight is 257 g/mol. The van der Waals surface area contributed by atoms with Crippen LogP contribution in [0.15, 0.2) is 36.7 Å². The highest BCUT2D eigenvalue weighted by molar-refractivity contribution is 6.03. The molecule has 0 saturated heterocycles. The van der Waals surface area contributed by atoms with Gasteiger partial charge >= 0.3 is 0 Å². The van der Waals surface area contributed by atoms with Gasteiger partial charge in [0.05, 0.1) is 12.8 Å². The molecule has 1 aromatic carbocycles. The fourth-order valence-corrected chi connectivity index (χ4v) is 1.82. The lowest BCUT2D eigenvalue weighted by molar-refractivity contribution is 0.0993. The van der Waals surface area contributed by atoms with Crippen molar-refractivity contribution in [1.82, 2.24) is 4.98 Å². The van der Waals surface area contributed by atoms with Crippen LogP contribution in [0.2, 0.25) is 0 Å². The number of benzene rings is 1. The minimum Gasteiger partial charge on any atom is -0.495 e. The van der Waals surface area contributed by atoms with Crippen molar-refractivity contribution in [3.05, 3.63) is 47.8 Å². The summed E-state index contributed by atoms with van der Waals surface area (Å²) >= 11 is 0. The number of ketones is 1. The highest BCUT2D eigenvalue weighted by Crippen LogP contribution is 2.26. The van der Waals surface area contributed by atoms with Crippen molar-refractivity contribution in [2.45, 2.75) is 6.42 Å². The Morgan fingerprint density at radius 3 is 2.79 bits per heavy atom. The Kier molecular flexibility index (Phi) is 3.66. The molecule has 0 aliphatic heterocycles. The van der Waals surface area contributed by atoms with E-state index in [1.807, 2.05) is 0 Å². The number of ether oxygens (including phenoxy) is 1. The Bertz CT molecular complexity index is 611. The number of para-hydroxylation sites is 1.